The summed E-state index contributed by atoms with van der Waals surface area (Å²) in [6.45, 7) is 1.22. The van der Waals surface area contributed by atoms with E-state index in [2.05, 4.69) is 20.7 Å². The molecule has 0 atom stereocenters. The lowest BCUT2D eigenvalue weighted by atomic mass is 10.1. The number of hydrogen-bond donors (Lipinski definition) is 3. The van der Waals surface area contributed by atoms with E-state index in [0.717, 1.165) is 17.0 Å². The van der Waals surface area contributed by atoms with Crippen molar-refractivity contribution in [1.82, 2.24) is 20.7 Å². The smallest absolute Gasteiger partial charge is 0.303 e. The minimum absolute atomic E-state index is 0.178. The number of carboxylic acids is 1. The van der Waals surface area contributed by atoms with Crippen LogP contribution in [0.2, 0.25) is 0 Å². The predicted molar refractivity (Wildman–Crippen MR) is 70.4 cm³/mol. The molecule has 19 heavy (non-hydrogen) atoms. The first-order valence-electron chi connectivity index (χ1n) is 6.15. The summed E-state index contributed by atoms with van der Waals surface area (Å²) in [5.74, 6) is -0.770. The Kier molecular flexibility index (Phi) is 4.63. The third kappa shape index (κ3) is 3.89. The molecule has 0 aliphatic carbocycles. The molecule has 0 aliphatic heterocycles. The molecule has 6 heteroatoms. The Balaban J connectivity index is 1.88. The van der Waals surface area contributed by atoms with Gasteiger partial charge < -0.3 is 10.4 Å². The Hall–Kier alpha value is -2.21. The highest BCUT2D eigenvalue weighted by atomic mass is 16.4. The van der Waals surface area contributed by atoms with Gasteiger partial charge in [-0.3, -0.25) is 4.79 Å². The molecular weight excluding hydrogens is 244 g/mol. The fourth-order valence-corrected chi connectivity index (χ4v) is 1.77. The van der Waals surface area contributed by atoms with E-state index >= 15 is 0 Å². The fourth-order valence-electron chi connectivity index (χ4n) is 1.77. The molecule has 0 bridgehead atoms. The van der Waals surface area contributed by atoms with Crippen molar-refractivity contribution >= 4 is 5.97 Å². The fraction of sp³-hybridized carbons (Fsp3) is 0.308. The molecule has 2 aromatic rings. The van der Waals surface area contributed by atoms with Gasteiger partial charge in [-0.2, -0.15) is 15.4 Å². The SMILES string of the molecule is O=C(O)CCCNCc1n[nH]nc1-c1ccccc1. The maximum atomic E-state index is 10.4. The van der Waals surface area contributed by atoms with Crippen molar-refractivity contribution in [3.63, 3.8) is 0 Å². The summed E-state index contributed by atoms with van der Waals surface area (Å²) in [5, 5.41) is 22.6. The third-order valence-electron chi connectivity index (χ3n) is 2.70. The van der Waals surface area contributed by atoms with Crippen molar-refractivity contribution in [3.8, 4) is 11.3 Å². The van der Waals surface area contributed by atoms with E-state index in [4.69, 9.17) is 5.11 Å². The molecular formula is C13H16N4O2. The lowest BCUT2D eigenvalue weighted by Crippen LogP contribution is -2.16. The summed E-state index contributed by atoms with van der Waals surface area (Å²) < 4.78 is 0. The van der Waals surface area contributed by atoms with Crippen LogP contribution < -0.4 is 5.32 Å². The van der Waals surface area contributed by atoms with Crippen molar-refractivity contribution in [1.29, 1.82) is 0 Å². The first-order valence-corrected chi connectivity index (χ1v) is 6.15. The van der Waals surface area contributed by atoms with E-state index in [0.29, 0.717) is 19.5 Å². The molecule has 0 radical (unpaired) electrons. The zero-order valence-electron chi connectivity index (χ0n) is 10.5. The van der Waals surface area contributed by atoms with Crippen LogP contribution in [0.5, 0.6) is 0 Å². The summed E-state index contributed by atoms with van der Waals surface area (Å²) in [5.41, 5.74) is 2.67. The summed E-state index contributed by atoms with van der Waals surface area (Å²) in [6, 6.07) is 9.81. The minimum Gasteiger partial charge on any atom is -0.481 e. The molecule has 0 saturated carbocycles. The Bertz CT molecular complexity index is 524. The van der Waals surface area contributed by atoms with Gasteiger partial charge in [0, 0.05) is 18.5 Å². The van der Waals surface area contributed by atoms with E-state index in [9.17, 15) is 4.79 Å². The molecule has 3 N–H and O–H groups in total. The second-order valence-electron chi connectivity index (χ2n) is 4.16. The van der Waals surface area contributed by atoms with Crippen molar-refractivity contribution in [2.24, 2.45) is 0 Å². The van der Waals surface area contributed by atoms with Gasteiger partial charge in [0.15, 0.2) is 0 Å². The Morgan fingerprint density at radius 1 is 1.26 bits per heavy atom. The number of aromatic nitrogens is 3. The maximum absolute atomic E-state index is 10.4. The van der Waals surface area contributed by atoms with Crippen LogP contribution in [0.3, 0.4) is 0 Å². The molecule has 2 rings (SSSR count). The van der Waals surface area contributed by atoms with Gasteiger partial charge in [0.25, 0.3) is 0 Å². The predicted octanol–water partition coefficient (Wildman–Crippen LogP) is 1.43. The van der Waals surface area contributed by atoms with Crippen molar-refractivity contribution in [2.75, 3.05) is 6.54 Å². The van der Waals surface area contributed by atoms with Crippen LogP contribution in [-0.4, -0.2) is 33.0 Å². The molecule has 0 aliphatic rings. The summed E-state index contributed by atoms with van der Waals surface area (Å²) in [4.78, 5) is 10.4. The van der Waals surface area contributed by atoms with E-state index in [1.807, 2.05) is 30.3 Å². The van der Waals surface area contributed by atoms with Crippen LogP contribution in [0.15, 0.2) is 30.3 Å². The summed E-state index contributed by atoms with van der Waals surface area (Å²) >= 11 is 0. The number of hydrogen-bond acceptors (Lipinski definition) is 4. The average Bonchev–Trinajstić information content (AvgIpc) is 2.87. The van der Waals surface area contributed by atoms with E-state index < -0.39 is 5.97 Å². The second kappa shape index (κ2) is 6.65. The first-order chi connectivity index (χ1) is 9.27. The number of rotatable bonds is 7. The van der Waals surface area contributed by atoms with Crippen molar-refractivity contribution < 1.29 is 9.90 Å². The number of benzene rings is 1. The molecule has 0 spiro atoms. The van der Waals surface area contributed by atoms with E-state index in [1.165, 1.54) is 0 Å². The first kappa shape index (κ1) is 13.2. The van der Waals surface area contributed by atoms with Crippen LogP contribution in [-0.2, 0) is 11.3 Å². The number of carboxylic acid groups (broad SMARTS) is 1. The zero-order chi connectivity index (χ0) is 13.5. The quantitative estimate of drug-likeness (QED) is 0.655. The van der Waals surface area contributed by atoms with Gasteiger partial charge in [-0.05, 0) is 13.0 Å². The standard InChI is InChI=1S/C13H16N4O2/c18-12(19)7-4-8-14-9-11-13(16-17-15-11)10-5-2-1-3-6-10/h1-3,5-6,14H,4,7-9H2,(H,18,19)(H,15,16,17). The molecule has 0 amide bonds. The van der Waals surface area contributed by atoms with Crippen molar-refractivity contribution in [2.45, 2.75) is 19.4 Å². The molecule has 0 fully saturated rings. The molecule has 1 aromatic heterocycles. The zero-order valence-corrected chi connectivity index (χ0v) is 10.5. The lowest BCUT2D eigenvalue weighted by Gasteiger charge is -2.03. The molecule has 0 saturated heterocycles. The lowest BCUT2D eigenvalue weighted by molar-refractivity contribution is -0.137. The number of nitrogens with zero attached hydrogens (tertiary/aromatic N) is 2. The number of carbonyl (C=O) groups is 1. The molecule has 1 heterocycles. The van der Waals surface area contributed by atoms with Crippen LogP contribution in [0.25, 0.3) is 11.3 Å². The third-order valence-corrected chi connectivity index (χ3v) is 2.70. The van der Waals surface area contributed by atoms with Crippen LogP contribution in [0.4, 0.5) is 0 Å². The molecule has 1 aromatic carbocycles. The van der Waals surface area contributed by atoms with Gasteiger partial charge in [-0.1, -0.05) is 30.3 Å². The largest absolute Gasteiger partial charge is 0.481 e. The van der Waals surface area contributed by atoms with E-state index in [-0.39, 0.29) is 6.42 Å². The van der Waals surface area contributed by atoms with Gasteiger partial charge in [0.1, 0.15) is 11.4 Å². The van der Waals surface area contributed by atoms with Gasteiger partial charge in [-0.15, -0.1) is 0 Å². The average molecular weight is 260 g/mol. The van der Waals surface area contributed by atoms with Gasteiger partial charge in [0.2, 0.25) is 0 Å². The van der Waals surface area contributed by atoms with Gasteiger partial charge in [-0.25, -0.2) is 0 Å². The number of H-pyrrole nitrogens is 1. The second-order valence-corrected chi connectivity index (χ2v) is 4.16. The van der Waals surface area contributed by atoms with Gasteiger partial charge in [0.05, 0.1) is 0 Å². The summed E-state index contributed by atoms with van der Waals surface area (Å²) in [7, 11) is 0. The summed E-state index contributed by atoms with van der Waals surface area (Å²) in [6.07, 6.45) is 0.783. The van der Waals surface area contributed by atoms with Crippen molar-refractivity contribution in [3.05, 3.63) is 36.0 Å². The molecule has 100 valence electrons. The Morgan fingerprint density at radius 3 is 2.79 bits per heavy atom. The Labute approximate surface area is 110 Å². The van der Waals surface area contributed by atoms with Crippen LogP contribution >= 0.6 is 0 Å². The highest BCUT2D eigenvalue weighted by Crippen LogP contribution is 2.18. The Morgan fingerprint density at radius 2 is 2.05 bits per heavy atom. The number of nitrogens with one attached hydrogen (secondary N) is 2. The maximum Gasteiger partial charge on any atom is 0.303 e. The topological polar surface area (TPSA) is 90.9 Å². The normalized spacial score (nSPS) is 10.5. The number of aliphatic carboxylic acids is 1. The molecule has 6 nitrogen and oxygen atoms in total. The van der Waals surface area contributed by atoms with Crippen LogP contribution in [0.1, 0.15) is 18.5 Å². The highest BCUT2D eigenvalue weighted by Gasteiger charge is 2.09. The van der Waals surface area contributed by atoms with Crippen LogP contribution in [0, 0.1) is 0 Å². The highest BCUT2D eigenvalue weighted by molar-refractivity contribution is 5.66. The number of aromatic amines is 1. The monoisotopic (exact) mass is 260 g/mol. The minimum atomic E-state index is -0.770. The van der Waals surface area contributed by atoms with Gasteiger partial charge >= 0.3 is 5.97 Å². The van der Waals surface area contributed by atoms with E-state index in [1.54, 1.807) is 0 Å². The molecule has 0 unspecified atom stereocenters.